The molecule has 3 heteroatoms. The van der Waals surface area contributed by atoms with E-state index in [-0.39, 0.29) is 13.2 Å². The van der Waals surface area contributed by atoms with Crippen LogP contribution in [-0.2, 0) is 12.8 Å². The topological polar surface area (TPSA) is 60.7 Å². The summed E-state index contributed by atoms with van der Waals surface area (Å²) in [5.41, 5.74) is 2.23. The second-order valence-electron chi connectivity index (χ2n) is 5.74. The van der Waals surface area contributed by atoms with E-state index >= 15 is 0 Å². The number of aliphatic hydroxyl groups excluding tert-OH is 2. The molecule has 0 aliphatic carbocycles. The number of rotatable bonds is 12. The smallest absolute Gasteiger partial charge is 0.119 e. The van der Waals surface area contributed by atoms with Crippen molar-refractivity contribution < 1.29 is 15.3 Å². The number of aromatic hydroxyl groups is 1. The van der Waals surface area contributed by atoms with Crippen molar-refractivity contribution in [3.05, 3.63) is 29.3 Å². The molecule has 1 aromatic rings. The molecular formula is C18H30O3. The standard InChI is InChI=1S/C18H30O3/c19-13-7-3-1-5-9-16-11-12-17(18(21)15-16)10-6-2-4-8-14-20/h11-12,15,19-21H,1-10,13-14H2. The van der Waals surface area contributed by atoms with Crippen molar-refractivity contribution in [1.82, 2.24) is 0 Å². The maximum absolute atomic E-state index is 10.1. The predicted octanol–water partition coefficient (Wildman–Crippen LogP) is 3.58. The zero-order valence-corrected chi connectivity index (χ0v) is 13.1. The Balaban J connectivity index is 2.27. The van der Waals surface area contributed by atoms with Crippen LogP contribution in [0.1, 0.15) is 62.5 Å². The fourth-order valence-electron chi connectivity index (χ4n) is 2.55. The van der Waals surface area contributed by atoms with Crippen molar-refractivity contribution in [3.8, 4) is 5.75 Å². The predicted molar refractivity (Wildman–Crippen MR) is 86.6 cm³/mol. The molecule has 1 rings (SSSR count). The first-order valence-electron chi connectivity index (χ1n) is 8.30. The number of hydrogen-bond acceptors (Lipinski definition) is 3. The summed E-state index contributed by atoms with van der Waals surface area (Å²) in [6.45, 7) is 0.562. The molecule has 0 saturated carbocycles. The summed E-state index contributed by atoms with van der Waals surface area (Å²) in [7, 11) is 0. The average molecular weight is 294 g/mol. The summed E-state index contributed by atoms with van der Waals surface area (Å²) in [6, 6.07) is 6.06. The van der Waals surface area contributed by atoms with Gasteiger partial charge in [0, 0.05) is 13.2 Å². The maximum atomic E-state index is 10.1. The molecule has 0 fully saturated rings. The third-order valence-corrected chi connectivity index (χ3v) is 3.88. The zero-order valence-electron chi connectivity index (χ0n) is 13.1. The summed E-state index contributed by atoms with van der Waals surface area (Å²) >= 11 is 0. The SMILES string of the molecule is OCCCCCCc1ccc(CCCCCCO)c(O)c1. The highest BCUT2D eigenvalue weighted by atomic mass is 16.3. The van der Waals surface area contributed by atoms with Crippen LogP contribution in [0, 0.1) is 0 Å². The van der Waals surface area contributed by atoms with Gasteiger partial charge in [-0.1, -0.05) is 37.8 Å². The van der Waals surface area contributed by atoms with Gasteiger partial charge in [0.2, 0.25) is 0 Å². The van der Waals surface area contributed by atoms with Crippen LogP contribution < -0.4 is 0 Å². The van der Waals surface area contributed by atoms with Crippen molar-refractivity contribution in [1.29, 1.82) is 0 Å². The van der Waals surface area contributed by atoms with Crippen LogP contribution in [0.3, 0.4) is 0 Å². The number of benzene rings is 1. The second kappa shape index (κ2) is 11.6. The molecule has 0 bridgehead atoms. The van der Waals surface area contributed by atoms with Gasteiger partial charge in [-0.3, -0.25) is 0 Å². The van der Waals surface area contributed by atoms with E-state index in [1.165, 1.54) is 5.56 Å². The lowest BCUT2D eigenvalue weighted by molar-refractivity contribution is 0.282. The summed E-state index contributed by atoms with van der Waals surface area (Å²) in [5, 5.41) is 27.5. The molecular weight excluding hydrogens is 264 g/mol. The molecule has 0 unspecified atom stereocenters. The second-order valence-corrected chi connectivity index (χ2v) is 5.74. The summed E-state index contributed by atoms with van der Waals surface area (Å²) in [4.78, 5) is 0. The number of aliphatic hydroxyl groups is 2. The van der Waals surface area contributed by atoms with E-state index in [0.717, 1.165) is 69.8 Å². The number of phenols is 1. The molecule has 21 heavy (non-hydrogen) atoms. The van der Waals surface area contributed by atoms with Crippen molar-refractivity contribution in [2.75, 3.05) is 13.2 Å². The van der Waals surface area contributed by atoms with Crippen molar-refractivity contribution >= 4 is 0 Å². The molecule has 0 radical (unpaired) electrons. The van der Waals surface area contributed by atoms with Crippen LogP contribution in [0.25, 0.3) is 0 Å². The molecule has 0 amide bonds. The first kappa shape index (κ1) is 18.0. The average Bonchev–Trinajstić information content (AvgIpc) is 2.48. The van der Waals surface area contributed by atoms with Gasteiger partial charge in [-0.15, -0.1) is 0 Å². The fourth-order valence-corrected chi connectivity index (χ4v) is 2.55. The number of unbranched alkanes of at least 4 members (excludes halogenated alkanes) is 6. The quantitative estimate of drug-likeness (QED) is 0.516. The molecule has 0 aromatic heterocycles. The van der Waals surface area contributed by atoms with Crippen molar-refractivity contribution in [3.63, 3.8) is 0 Å². The normalized spacial score (nSPS) is 11.0. The highest BCUT2D eigenvalue weighted by Gasteiger charge is 2.03. The van der Waals surface area contributed by atoms with Gasteiger partial charge in [0.1, 0.15) is 5.75 Å². The summed E-state index contributed by atoms with van der Waals surface area (Å²) < 4.78 is 0. The highest BCUT2D eigenvalue weighted by Crippen LogP contribution is 2.22. The highest BCUT2D eigenvalue weighted by molar-refractivity contribution is 5.36. The van der Waals surface area contributed by atoms with Crippen LogP contribution >= 0.6 is 0 Å². The van der Waals surface area contributed by atoms with Gasteiger partial charge in [-0.2, -0.15) is 0 Å². The Morgan fingerprint density at radius 1 is 0.667 bits per heavy atom. The summed E-state index contributed by atoms with van der Waals surface area (Å²) in [5.74, 6) is 0.421. The largest absolute Gasteiger partial charge is 0.508 e. The van der Waals surface area contributed by atoms with Crippen LogP contribution in [0.2, 0.25) is 0 Å². The van der Waals surface area contributed by atoms with Crippen LogP contribution in [-0.4, -0.2) is 28.5 Å². The van der Waals surface area contributed by atoms with Gasteiger partial charge in [0.05, 0.1) is 0 Å². The van der Waals surface area contributed by atoms with Crippen molar-refractivity contribution in [2.45, 2.75) is 64.2 Å². The molecule has 0 heterocycles. The van der Waals surface area contributed by atoms with Gasteiger partial charge >= 0.3 is 0 Å². The molecule has 1 aromatic carbocycles. The molecule has 120 valence electrons. The van der Waals surface area contributed by atoms with Crippen LogP contribution in [0.4, 0.5) is 0 Å². The molecule has 3 N–H and O–H groups in total. The third kappa shape index (κ3) is 8.08. The molecule has 0 aliphatic rings. The van der Waals surface area contributed by atoms with E-state index in [0.29, 0.717) is 5.75 Å². The van der Waals surface area contributed by atoms with E-state index in [9.17, 15) is 5.11 Å². The van der Waals surface area contributed by atoms with Gasteiger partial charge in [0.15, 0.2) is 0 Å². The lowest BCUT2D eigenvalue weighted by Crippen LogP contribution is -1.92. The molecule has 0 saturated heterocycles. The minimum atomic E-state index is 0.276. The summed E-state index contributed by atoms with van der Waals surface area (Å²) in [6.07, 6.45) is 10.2. The van der Waals surface area contributed by atoms with Gasteiger partial charge < -0.3 is 15.3 Å². The molecule has 0 aliphatic heterocycles. The Hall–Kier alpha value is -1.06. The molecule has 0 spiro atoms. The monoisotopic (exact) mass is 294 g/mol. The first-order chi connectivity index (χ1) is 10.3. The molecule has 3 nitrogen and oxygen atoms in total. The molecule has 0 atom stereocenters. The zero-order chi connectivity index (χ0) is 15.3. The van der Waals surface area contributed by atoms with Crippen LogP contribution in [0.5, 0.6) is 5.75 Å². The first-order valence-corrected chi connectivity index (χ1v) is 8.30. The minimum Gasteiger partial charge on any atom is -0.508 e. The van der Waals surface area contributed by atoms with Crippen LogP contribution in [0.15, 0.2) is 18.2 Å². The van der Waals surface area contributed by atoms with E-state index in [4.69, 9.17) is 10.2 Å². The Morgan fingerprint density at radius 2 is 1.24 bits per heavy atom. The van der Waals surface area contributed by atoms with E-state index in [1.807, 2.05) is 12.1 Å². The maximum Gasteiger partial charge on any atom is 0.119 e. The lowest BCUT2D eigenvalue weighted by atomic mass is 10.0. The lowest BCUT2D eigenvalue weighted by Gasteiger charge is -2.08. The Kier molecular flexibility index (Phi) is 9.92. The van der Waals surface area contributed by atoms with Crippen molar-refractivity contribution in [2.24, 2.45) is 0 Å². The van der Waals surface area contributed by atoms with Gasteiger partial charge in [-0.05, 0) is 55.7 Å². The third-order valence-electron chi connectivity index (χ3n) is 3.88. The number of aryl methyl sites for hydroxylation is 2. The number of phenolic OH excluding ortho intramolecular Hbond substituents is 1. The van der Waals surface area contributed by atoms with Gasteiger partial charge in [-0.25, -0.2) is 0 Å². The Morgan fingerprint density at radius 3 is 1.81 bits per heavy atom. The Bertz CT molecular complexity index is 377. The fraction of sp³-hybridized carbons (Fsp3) is 0.667. The van der Waals surface area contributed by atoms with E-state index < -0.39 is 0 Å². The number of hydrogen-bond donors (Lipinski definition) is 3. The minimum absolute atomic E-state index is 0.276. The van der Waals surface area contributed by atoms with Gasteiger partial charge in [0.25, 0.3) is 0 Å². The van der Waals surface area contributed by atoms with E-state index in [2.05, 4.69) is 6.07 Å². The van der Waals surface area contributed by atoms with E-state index in [1.54, 1.807) is 0 Å². The Labute approximate surface area is 128 Å².